The minimum absolute atomic E-state index is 0.143. The van der Waals surface area contributed by atoms with Crippen LogP contribution in [-0.2, 0) is 16.0 Å². The quantitative estimate of drug-likeness (QED) is 0.529. The van der Waals surface area contributed by atoms with Gasteiger partial charge in [0.25, 0.3) is 0 Å². The number of hydrogen-bond acceptors (Lipinski definition) is 5. The lowest BCUT2D eigenvalue weighted by atomic mass is 9.93. The maximum absolute atomic E-state index is 14.8. The second kappa shape index (κ2) is 8.68. The molecule has 0 amide bonds. The summed E-state index contributed by atoms with van der Waals surface area (Å²) in [6, 6.07) is 13.7. The maximum atomic E-state index is 14.8. The SMILES string of the molecule is Fc1ccc([C@@H](Cn2cncn2)C2(SC3COC(c4ccccc4)OC3)CC2)c(F)c1. The topological polar surface area (TPSA) is 49.2 Å². The Hall–Kier alpha value is -2.29. The minimum atomic E-state index is -0.570. The van der Waals surface area contributed by atoms with E-state index in [0.29, 0.717) is 25.3 Å². The molecule has 2 aromatic carbocycles. The first-order chi connectivity index (χ1) is 15.1. The average Bonchev–Trinajstić information content (AvgIpc) is 3.37. The molecular weight excluding hydrogens is 420 g/mol. The Balaban J connectivity index is 1.32. The molecule has 0 unspecified atom stereocenters. The number of rotatable bonds is 7. The third-order valence-corrected chi connectivity index (χ3v) is 7.66. The number of thioether (sulfide) groups is 1. The van der Waals surface area contributed by atoms with Crippen molar-refractivity contribution in [3.63, 3.8) is 0 Å². The van der Waals surface area contributed by atoms with Gasteiger partial charge in [-0.05, 0) is 24.5 Å². The van der Waals surface area contributed by atoms with E-state index in [4.69, 9.17) is 9.47 Å². The Morgan fingerprint density at radius 3 is 2.52 bits per heavy atom. The van der Waals surface area contributed by atoms with Gasteiger partial charge in [0.05, 0.1) is 25.0 Å². The van der Waals surface area contributed by atoms with Crippen LogP contribution in [0.3, 0.4) is 0 Å². The van der Waals surface area contributed by atoms with Crippen LogP contribution >= 0.6 is 11.8 Å². The van der Waals surface area contributed by atoms with E-state index in [1.54, 1.807) is 28.8 Å². The average molecular weight is 444 g/mol. The standard InChI is InChI=1S/C23H23F2N3O2S/c24-17-6-7-19(21(25)10-17)20(11-28-15-26-14-27-28)23(8-9-23)31-18-12-29-22(30-13-18)16-4-2-1-3-5-16/h1-7,10,14-15,18,20,22H,8-9,11-13H2/t18?,20-,22?/m1/s1. The van der Waals surface area contributed by atoms with Gasteiger partial charge < -0.3 is 9.47 Å². The Bertz CT molecular complexity index is 1010. The number of aromatic nitrogens is 3. The summed E-state index contributed by atoms with van der Waals surface area (Å²) in [5.41, 5.74) is 1.52. The third kappa shape index (κ3) is 4.51. The van der Waals surface area contributed by atoms with Gasteiger partial charge in [0, 0.05) is 22.3 Å². The van der Waals surface area contributed by atoms with E-state index in [2.05, 4.69) is 10.1 Å². The third-order valence-electron chi connectivity index (χ3n) is 5.89. The van der Waals surface area contributed by atoms with E-state index in [1.165, 1.54) is 12.4 Å². The van der Waals surface area contributed by atoms with Crippen LogP contribution in [0.15, 0.2) is 61.2 Å². The first kappa shape index (κ1) is 20.6. The second-order valence-corrected chi connectivity index (χ2v) is 9.77. The second-order valence-electron chi connectivity index (χ2n) is 8.05. The van der Waals surface area contributed by atoms with Gasteiger partial charge in [-0.1, -0.05) is 36.4 Å². The minimum Gasteiger partial charge on any atom is -0.347 e. The first-order valence-corrected chi connectivity index (χ1v) is 11.2. The summed E-state index contributed by atoms with van der Waals surface area (Å²) >= 11 is 1.80. The molecule has 5 rings (SSSR count). The summed E-state index contributed by atoms with van der Waals surface area (Å²) in [5.74, 6) is -1.25. The number of nitrogens with zero attached hydrogens (tertiary/aromatic N) is 3. The molecule has 1 saturated heterocycles. The summed E-state index contributed by atoms with van der Waals surface area (Å²) in [6.45, 7) is 1.61. The summed E-state index contributed by atoms with van der Waals surface area (Å²) in [6.07, 6.45) is 4.65. The van der Waals surface area contributed by atoms with Gasteiger partial charge in [0.1, 0.15) is 24.3 Å². The molecule has 1 aromatic heterocycles. The molecule has 5 nitrogen and oxygen atoms in total. The molecule has 3 aromatic rings. The molecule has 0 radical (unpaired) electrons. The predicted molar refractivity (Wildman–Crippen MR) is 114 cm³/mol. The van der Waals surface area contributed by atoms with Crippen LogP contribution < -0.4 is 0 Å². The van der Waals surface area contributed by atoms with Crippen molar-refractivity contribution in [2.45, 2.75) is 41.6 Å². The van der Waals surface area contributed by atoms with Gasteiger partial charge >= 0.3 is 0 Å². The van der Waals surface area contributed by atoms with Crippen LogP contribution in [0, 0.1) is 11.6 Å². The van der Waals surface area contributed by atoms with E-state index in [1.807, 2.05) is 30.3 Å². The van der Waals surface area contributed by atoms with Crippen LogP contribution in [0.5, 0.6) is 0 Å². The van der Waals surface area contributed by atoms with Crippen molar-refractivity contribution >= 4 is 11.8 Å². The van der Waals surface area contributed by atoms with Crippen molar-refractivity contribution in [3.8, 4) is 0 Å². The highest BCUT2D eigenvalue weighted by molar-refractivity contribution is 8.01. The van der Waals surface area contributed by atoms with E-state index in [0.717, 1.165) is 24.5 Å². The van der Waals surface area contributed by atoms with E-state index in [9.17, 15) is 8.78 Å². The summed E-state index contributed by atoms with van der Waals surface area (Å²) in [7, 11) is 0. The molecule has 0 N–H and O–H groups in total. The highest BCUT2D eigenvalue weighted by Gasteiger charge is 2.53. The highest BCUT2D eigenvalue weighted by Crippen LogP contribution is 2.60. The molecule has 8 heteroatoms. The molecule has 1 atom stereocenters. The molecule has 2 fully saturated rings. The predicted octanol–water partition coefficient (Wildman–Crippen LogP) is 4.72. The summed E-state index contributed by atoms with van der Waals surface area (Å²) in [4.78, 5) is 4.01. The number of ether oxygens (including phenoxy) is 2. The van der Waals surface area contributed by atoms with Gasteiger partial charge in [0.15, 0.2) is 6.29 Å². The molecular formula is C23H23F2N3O2S. The van der Waals surface area contributed by atoms with E-state index in [-0.39, 0.29) is 22.2 Å². The molecule has 1 aliphatic heterocycles. The fraction of sp³-hybridized carbons (Fsp3) is 0.391. The monoisotopic (exact) mass is 443 g/mol. The van der Waals surface area contributed by atoms with Crippen LogP contribution in [0.4, 0.5) is 8.78 Å². The van der Waals surface area contributed by atoms with Crippen molar-refractivity contribution in [1.82, 2.24) is 14.8 Å². The molecule has 0 bridgehead atoms. The zero-order valence-corrected chi connectivity index (χ0v) is 17.7. The summed E-state index contributed by atoms with van der Waals surface area (Å²) < 4.78 is 41.8. The number of benzene rings is 2. The van der Waals surface area contributed by atoms with Crippen molar-refractivity contribution in [3.05, 3.63) is 83.9 Å². The van der Waals surface area contributed by atoms with Crippen molar-refractivity contribution < 1.29 is 18.3 Å². The fourth-order valence-corrected chi connectivity index (χ4v) is 5.87. The Kier molecular flexibility index (Phi) is 5.77. The van der Waals surface area contributed by atoms with Crippen molar-refractivity contribution in [1.29, 1.82) is 0 Å². The fourth-order valence-electron chi connectivity index (χ4n) is 4.21. The molecule has 31 heavy (non-hydrogen) atoms. The lowest BCUT2D eigenvalue weighted by Crippen LogP contribution is -2.33. The lowest BCUT2D eigenvalue weighted by Gasteiger charge is -2.34. The van der Waals surface area contributed by atoms with Crippen LogP contribution in [0.25, 0.3) is 0 Å². The van der Waals surface area contributed by atoms with E-state index < -0.39 is 11.6 Å². The van der Waals surface area contributed by atoms with Gasteiger partial charge in [0.2, 0.25) is 0 Å². The Morgan fingerprint density at radius 2 is 1.87 bits per heavy atom. The first-order valence-electron chi connectivity index (χ1n) is 10.4. The molecule has 1 saturated carbocycles. The van der Waals surface area contributed by atoms with Crippen LogP contribution in [0.2, 0.25) is 0 Å². The highest BCUT2D eigenvalue weighted by atomic mass is 32.2. The molecule has 2 aliphatic rings. The normalized spacial score (nSPS) is 23.4. The van der Waals surface area contributed by atoms with Gasteiger partial charge in [-0.2, -0.15) is 5.10 Å². The van der Waals surface area contributed by atoms with Crippen LogP contribution in [0.1, 0.15) is 36.2 Å². The molecule has 2 heterocycles. The maximum Gasteiger partial charge on any atom is 0.183 e. The largest absolute Gasteiger partial charge is 0.347 e. The smallest absolute Gasteiger partial charge is 0.183 e. The Morgan fingerprint density at radius 1 is 1.10 bits per heavy atom. The zero-order chi connectivity index (χ0) is 21.3. The van der Waals surface area contributed by atoms with E-state index >= 15 is 0 Å². The summed E-state index contributed by atoms with van der Waals surface area (Å²) in [5, 5.41) is 4.35. The van der Waals surface area contributed by atoms with Gasteiger partial charge in [-0.25, -0.2) is 13.8 Å². The number of halogens is 2. The molecule has 0 spiro atoms. The van der Waals surface area contributed by atoms with Crippen LogP contribution in [-0.4, -0.2) is 38.0 Å². The zero-order valence-electron chi connectivity index (χ0n) is 16.9. The van der Waals surface area contributed by atoms with Crippen molar-refractivity contribution in [2.24, 2.45) is 0 Å². The Labute approximate surface area is 183 Å². The molecule has 1 aliphatic carbocycles. The van der Waals surface area contributed by atoms with Crippen molar-refractivity contribution in [2.75, 3.05) is 13.2 Å². The number of hydrogen-bond donors (Lipinski definition) is 0. The molecule has 162 valence electrons. The lowest BCUT2D eigenvalue weighted by molar-refractivity contribution is -0.179. The van der Waals surface area contributed by atoms with Gasteiger partial charge in [-0.15, -0.1) is 11.8 Å². The van der Waals surface area contributed by atoms with Gasteiger partial charge in [-0.3, -0.25) is 4.68 Å².